The Hall–Kier alpha value is -2.09. The average Bonchev–Trinajstić information content (AvgIpc) is 2.57. The molecule has 1 aromatic rings. The molecule has 0 saturated carbocycles. The molecular weight excluding hydrogens is 348 g/mol. The summed E-state index contributed by atoms with van der Waals surface area (Å²) in [5.41, 5.74) is 5.44. The van der Waals surface area contributed by atoms with E-state index in [1.54, 1.807) is 31.2 Å². The van der Waals surface area contributed by atoms with Gasteiger partial charge in [-0.3, -0.25) is 9.59 Å². The molecule has 0 aliphatic heterocycles. The molecule has 2 rings (SSSR count). The van der Waals surface area contributed by atoms with Crippen LogP contribution in [0.5, 0.6) is 5.75 Å². The molecule has 0 heterocycles. The monoisotopic (exact) mass is 368 g/mol. The normalized spacial score (nSPS) is 24.2. The number of nitrogens with two attached hydrogens (primary N) is 1. The number of halogens is 1. The van der Waals surface area contributed by atoms with Crippen LogP contribution in [0.4, 0.5) is 0 Å². The fraction of sp³-hybridized carbons (Fsp3) is 0.412. The van der Waals surface area contributed by atoms with Gasteiger partial charge in [0, 0.05) is 17.0 Å². The number of aliphatic hydroxyl groups excluding tert-OH is 2. The first-order valence-corrected chi connectivity index (χ1v) is 8.28. The first-order chi connectivity index (χ1) is 11.8. The highest BCUT2D eigenvalue weighted by Crippen LogP contribution is 2.25. The fourth-order valence-electron chi connectivity index (χ4n) is 2.50. The Kier molecular flexibility index (Phi) is 6.41. The molecule has 2 amide bonds. The van der Waals surface area contributed by atoms with Crippen LogP contribution in [-0.2, 0) is 9.59 Å². The van der Waals surface area contributed by atoms with E-state index in [0.29, 0.717) is 17.2 Å². The Bertz CT molecular complexity index is 662. The van der Waals surface area contributed by atoms with Gasteiger partial charge in [-0.05, 0) is 36.8 Å². The van der Waals surface area contributed by atoms with Crippen molar-refractivity contribution in [3.63, 3.8) is 0 Å². The van der Waals surface area contributed by atoms with Gasteiger partial charge in [0.15, 0.2) is 0 Å². The summed E-state index contributed by atoms with van der Waals surface area (Å²) in [5.74, 6) is -0.731. The number of rotatable bonds is 6. The smallest absolute Gasteiger partial charge is 0.247 e. The maximum absolute atomic E-state index is 12.3. The number of benzene rings is 1. The molecule has 0 spiro atoms. The molecule has 0 radical (unpaired) electrons. The predicted octanol–water partition coefficient (Wildman–Crippen LogP) is 0.519. The molecule has 0 aromatic heterocycles. The van der Waals surface area contributed by atoms with E-state index < -0.39 is 36.2 Å². The van der Waals surface area contributed by atoms with Gasteiger partial charge in [0.2, 0.25) is 11.8 Å². The quantitative estimate of drug-likeness (QED) is 0.583. The number of carbonyl (C=O) groups excluding carboxylic acids is 2. The van der Waals surface area contributed by atoms with Crippen molar-refractivity contribution in [3.8, 4) is 5.75 Å². The van der Waals surface area contributed by atoms with Gasteiger partial charge in [0.25, 0.3) is 0 Å². The van der Waals surface area contributed by atoms with E-state index in [-0.39, 0.29) is 12.0 Å². The van der Waals surface area contributed by atoms with Gasteiger partial charge in [0.05, 0.1) is 6.10 Å². The second-order valence-electron chi connectivity index (χ2n) is 5.83. The van der Waals surface area contributed by atoms with Gasteiger partial charge in [-0.2, -0.15) is 0 Å². The summed E-state index contributed by atoms with van der Waals surface area (Å²) < 4.78 is 5.64. The number of hydrogen-bond donors (Lipinski definition) is 4. The van der Waals surface area contributed by atoms with Crippen LogP contribution < -0.4 is 15.8 Å². The number of primary amides is 1. The second-order valence-corrected chi connectivity index (χ2v) is 6.26. The number of hydrogen-bond acceptors (Lipinski definition) is 5. The largest absolute Gasteiger partial charge is 0.484 e. The second kappa shape index (κ2) is 8.33. The zero-order valence-corrected chi connectivity index (χ0v) is 14.4. The fourth-order valence-corrected chi connectivity index (χ4v) is 2.62. The molecule has 1 aliphatic rings. The molecule has 0 saturated heterocycles. The standard InChI is InChI=1S/C17H21ClN2O5/c1-2-12(16(19)23)20-17(24)9-7-13(21)15(22)14(8-9)25-11-5-3-10(18)4-6-11/h3-6,8,12-15,21-22H,2,7H2,1H3,(H2,19,23)(H,20,24). The summed E-state index contributed by atoms with van der Waals surface area (Å²) >= 11 is 5.81. The molecule has 4 atom stereocenters. The van der Waals surface area contributed by atoms with Gasteiger partial charge in [-0.1, -0.05) is 18.5 Å². The SMILES string of the molecule is CCC(NC(=O)C1=CC(Oc2ccc(Cl)cc2)C(O)C(O)C1)C(N)=O. The number of ether oxygens (including phenoxy) is 1. The Labute approximate surface area is 150 Å². The molecule has 136 valence electrons. The molecule has 4 unspecified atom stereocenters. The third-order valence-corrected chi connectivity index (χ3v) is 4.21. The zero-order valence-electron chi connectivity index (χ0n) is 13.7. The van der Waals surface area contributed by atoms with Crippen molar-refractivity contribution in [3.05, 3.63) is 40.9 Å². The molecular formula is C17H21ClN2O5. The minimum absolute atomic E-state index is 0.0529. The van der Waals surface area contributed by atoms with E-state index >= 15 is 0 Å². The van der Waals surface area contributed by atoms with Crippen molar-refractivity contribution in [2.24, 2.45) is 5.73 Å². The van der Waals surface area contributed by atoms with E-state index in [2.05, 4.69) is 5.32 Å². The maximum Gasteiger partial charge on any atom is 0.247 e. The third kappa shape index (κ3) is 4.94. The van der Waals surface area contributed by atoms with Crippen molar-refractivity contribution in [1.29, 1.82) is 0 Å². The highest BCUT2D eigenvalue weighted by Gasteiger charge is 2.34. The molecule has 0 fully saturated rings. The van der Waals surface area contributed by atoms with Crippen LogP contribution in [0, 0.1) is 0 Å². The molecule has 0 bridgehead atoms. The van der Waals surface area contributed by atoms with Crippen LogP contribution in [0.15, 0.2) is 35.9 Å². The van der Waals surface area contributed by atoms with Crippen molar-refractivity contribution < 1.29 is 24.5 Å². The van der Waals surface area contributed by atoms with E-state index in [1.807, 2.05) is 0 Å². The maximum atomic E-state index is 12.3. The lowest BCUT2D eigenvalue weighted by Gasteiger charge is -2.31. The van der Waals surface area contributed by atoms with Crippen molar-refractivity contribution in [2.45, 2.75) is 44.1 Å². The summed E-state index contributed by atoms with van der Waals surface area (Å²) in [4.78, 5) is 23.6. The zero-order chi connectivity index (χ0) is 18.6. The molecule has 5 N–H and O–H groups in total. The third-order valence-electron chi connectivity index (χ3n) is 3.96. The summed E-state index contributed by atoms with van der Waals surface area (Å²) in [6.45, 7) is 1.72. The van der Waals surface area contributed by atoms with Crippen LogP contribution in [0.2, 0.25) is 5.02 Å². The molecule has 1 aromatic carbocycles. The van der Waals surface area contributed by atoms with Crippen molar-refractivity contribution in [2.75, 3.05) is 0 Å². The van der Waals surface area contributed by atoms with Gasteiger partial charge >= 0.3 is 0 Å². The highest BCUT2D eigenvalue weighted by atomic mass is 35.5. The van der Waals surface area contributed by atoms with Crippen LogP contribution in [0.3, 0.4) is 0 Å². The van der Waals surface area contributed by atoms with Crippen LogP contribution in [0.25, 0.3) is 0 Å². The summed E-state index contributed by atoms with van der Waals surface area (Å²) in [6.07, 6.45) is -1.54. The van der Waals surface area contributed by atoms with E-state index in [4.69, 9.17) is 22.1 Å². The topological polar surface area (TPSA) is 122 Å². The number of aliphatic hydroxyl groups is 2. The Balaban J connectivity index is 2.15. The van der Waals surface area contributed by atoms with Crippen LogP contribution >= 0.6 is 11.6 Å². The number of amides is 2. The number of nitrogens with one attached hydrogen (secondary N) is 1. The van der Waals surface area contributed by atoms with Gasteiger partial charge in [0.1, 0.15) is 24.0 Å². The van der Waals surface area contributed by atoms with Crippen LogP contribution in [-0.4, -0.2) is 46.4 Å². The first kappa shape index (κ1) is 19.2. The number of carbonyl (C=O) groups is 2. The van der Waals surface area contributed by atoms with Crippen molar-refractivity contribution in [1.82, 2.24) is 5.32 Å². The van der Waals surface area contributed by atoms with Crippen molar-refractivity contribution >= 4 is 23.4 Å². The molecule has 25 heavy (non-hydrogen) atoms. The van der Waals surface area contributed by atoms with Gasteiger partial charge in [-0.15, -0.1) is 0 Å². The van der Waals surface area contributed by atoms with Crippen LogP contribution in [0.1, 0.15) is 19.8 Å². The van der Waals surface area contributed by atoms with Gasteiger partial charge in [-0.25, -0.2) is 0 Å². The predicted molar refractivity (Wildman–Crippen MR) is 92.0 cm³/mol. The summed E-state index contributed by atoms with van der Waals surface area (Å²) in [5, 5.41) is 23.2. The van der Waals surface area contributed by atoms with E-state index in [0.717, 1.165) is 0 Å². The minimum Gasteiger partial charge on any atom is -0.484 e. The first-order valence-electron chi connectivity index (χ1n) is 7.91. The minimum atomic E-state index is -1.19. The van der Waals surface area contributed by atoms with E-state index in [1.165, 1.54) is 6.08 Å². The molecule has 8 heteroatoms. The van der Waals surface area contributed by atoms with Gasteiger partial charge < -0.3 is 26.0 Å². The Morgan fingerprint density at radius 3 is 2.56 bits per heavy atom. The lowest BCUT2D eigenvalue weighted by Crippen LogP contribution is -2.48. The Morgan fingerprint density at radius 1 is 1.36 bits per heavy atom. The van der Waals surface area contributed by atoms with E-state index in [9.17, 15) is 19.8 Å². The molecule has 7 nitrogen and oxygen atoms in total. The lowest BCUT2D eigenvalue weighted by molar-refractivity contribution is -0.126. The lowest BCUT2D eigenvalue weighted by atomic mass is 9.91. The Morgan fingerprint density at radius 2 is 2.00 bits per heavy atom. The average molecular weight is 369 g/mol. The molecule has 1 aliphatic carbocycles. The summed E-state index contributed by atoms with van der Waals surface area (Å²) in [7, 11) is 0. The summed E-state index contributed by atoms with van der Waals surface area (Å²) in [6, 6.07) is 5.68. The highest BCUT2D eigenvalue weighted by molar-refractivity contribution is 6.30.